The summed E-state index contributed by atoms with van der Waals surface area (Å²) in [7, 11) is -4.41. The number of rotatable bonds is 10. The van der Waals surface area contributed by atoms with Crippen LogP contribution in [0.1, 0.15) is 51.3 Å². The number of esters is 1. The van der Waals surface area contributed by atoms with Crippen LogP contribution < -0.4 is 15.3 Å². The maximum absolute atomic E-state index is 14.1. The third-order valence-electron chi connectivity index (χ3n) is 7.81. The number of aromatic nitrogens is 3. The van der Waals surface area contributed by atoms with Gasteiger partial charge in [-0.3, -0.25) is 9.32 Å². The minimum atomic E-state index is -4.41. The zero-order chi connectivity index (χ0) is 30.8. The molecule has 15 heteroatoms. The van der Waals surface area contributed by atoms with Gasteiger partial charge < -0.3 is 29.9 Å². The number of nitrogen functional groups attached to an aromatic ring is 1. The van der Waals surface area contributed by atoms with Gasteiger partial charge in [-0.15, -0.1) is 0 Å². The molecule has 230 valence electrons. The summed E-state index contributed by atoms with van der Waals surface area (Å²) in [5, 5.41) is 38.8. The molecule has 5 rings (SSSR count). The number of carbonyl (C=O) groups excluding carboxylic acids is 1. The first kappa shape index (κ1) is 30.9. The van der Waals surface area contributed by atoms with E-state index < -0.39 is 50.3 Å². The number of fused-ring (bicyclic) bond motifs is 1. The number of anilines is 1. The Morgan fingerprint density at radius 3 is 2.67 bits per heavy atom. The third-order valence-corrected chi connectivity index (χ3v) is 9.43. The Bertz CT molecular complexity index is 1520. The molecule has 0 bridgehead atoms. The van der Waals surface area contributed by atoms with Crippen molar-refractivity contribution in [3.63, 3.8) is 0 Å². The normalized spacial score (nSPS) is 29.4. The minimum absolute atomic E-state index is 0.161. The van der Waals surface area contributed by atoms with Crippen molar-refractivity contribution in [2.45, 2.75) is 75.6 Å². The van der Waals surface area contributed by atoms with Crippen LogP contribution in [0.4, 0.5) is 5.82 Å². The molecule has 5 N–H and O–H groups in total. The smallest absolute Gasteiger partial charge is 0.459 e. The molecular formula is C28H35N6O8P. The van der Waals surface area contributed by atoms with E-state index in [4.69, 9.17) is 24.3 Å². The number of nitrogens with two attached hydrogens (primary N) is 1. The first-order chi connectivity index (χ1) is 20.5. The number of carbonyl (C=O) groups is 1. The number of hydrogen-bond acceptors (Lipinski definition) is 12. The fraction of sp³-hybridized carbons (Fsp3) is 0.500. The van der Waals surface area contributed by atoms with Crippen molar-refractivity contribution in [3.05, 3.63) is 54.5 Å². The number of para-hydroxylation sites is 1. The monoisotopic (exact) mass is 614 g/mol. The molecule has 0 unspecified atom stereocenters. The number of nitriles is 1. The zero-order valence-electron chi connectivity index (χ0n) is 23.8. The summed E-state index contributed by atoms with van der Waals surface area (Å²) in [6, 6.07) is 12.0. The molecular weight excluding hydrogens is 579 g/mol. The van der Waals surface area contributed by atoms with Gasteiger partial charge in [-0.05, 0) is 62.8 Å². The summed E-state index contributed by atoms with van der Waals surface area (Å²) in [5.41, 5.74) is 4.46. The van der Waals surface area contributed by atoms with Crippen LogP contribution in [-0.4, -0.2) is 67.3 Å². The highest BCUT2D eigenvalue weighted by Crippen LogP contribution is 2.48. The highest BCUT2D eigenvalue weighted by atomic mass is 31.2. The summed E-state index contributed by atoms with van der Waals surface area (Å²) >= 11 is 0. The molecule has 1 aliphatic heterocycles. The van der Waals surface area contributed by atoms with Gasteiger partial charge in [0.1, 0.15) is 60.7 Å². The number of aliphatic hydroxyl groups is 2. The van der Waals surface area contributed by atoms with E-state index in [-0.39, 0.29) is 17.7 Å². The van der Waals surface area contributed by atoms with Crippen LogP contribution >= 0.6 is 7.75 Å². The lowest BCUT2D eigenvalue weighted by Gasteiger charge is -2.29. The second-order valence-corrected chi connectivity index (χ2v) is 12.7. The second kappa shape index (κ2) is 12.6. The van der Waals surface area contributed by atoms with Crippen LogP contribution in [0.5, 0.6) is 5.75 Å². The first-order valence-corrected chi connectivity index (χ1v) is 15.6. The van der Waals surface area contributed by atoms with Gasteiger partial charge in [-0.2, -0.15) is 15.4 Å². The van der Waals surface area contributed by atoms with Crippen molar-refractivity contribution in [3.8, 4) is 11.8 Å². The van der Waals surface area contributed by atoms with Crippen molar-refractivity contribution in [2.24, 2.45) is 5.92 Å². The Kier molecular flexibility index (Phi) is 9.03. The van der Waals surface area contributed by atoms with E-state index in [2.05, 4.69) is 22.1 Å². The molecule has 6 atom stereocenters. The predicted octanol–water partition coefficient (Wildman–Crippen LogP) is 2.67. The number of hydrogen-bond donors (Lipinski definition) is 4. The lowest BCUT2D eigenvalue weighted by molar-refractivity contribution is -0.152. The van der Waals surface area contributed by atoms with Crippen LogP contribution in [0.25, 0.3) is 5.52 Å². The quantitative estimate of drug-likeness (QED) is 0.192. The maximum atomic E-state index is 14.1. The summed E-state index contributed by atoms with van der Waals surface area (Å²) in [4.78, 5) is 16.8. The molecule has 43 heavy (non-hydrogen) atoms. The summed E-state index contributed by atoms with van der Waals surface area (Å²) in [6.45, 7) is 2.82. The Morgan fingerprint density at radius 1 is 1.26 bits per heavy atom. The summed E-state index contributed by atoms with van der Waals surface area (Å²) in [6.07, 6.45) is -0.248. The molecule has 2 aromatic heterocycles. The Labute approximate surface area is 248 Å². The fourth-order valence-corrected chi connectivity index (χ4v) is 6.79. The number of ether oxygens (including phenoxy) is 2. The Morgan fingerprint density at radius 2 is 1.98 bits per heavy atom. The maximum Gasteiger partial charge on any atom is 0.459 e. The van der Waals surface area contributed by atoms with Gasteiger partial charge in [-0.1, -0.05) is 25.1 Å². The minimum Gasteiger partial charge on any atom is -0.461 e. The van der Waals surface area contributed by atoms with E-state index in [9.17, 15) is 24.8 Å². The average molecular weight is 615 g/mol. The number of aliphatic hydroxyl groups excluding tert-OH is 2. The van der Waals surface area contributed by atoms with E-state index in [1.54, 1.807) is 30.3 Å². The number of benzene rings is 1. The SMILES string of the molecule is CC1CCC(OC(=O)[C@H](C)N[P@@](=O)(OC[C@@]2(C#N)O[C@@H](c3ccc4c(N)ncnn34)[C@H](O)[C@@H]2O)Oc2ccccc2)CC1. The fourth-order valence-electron chi connectivity index (χ4n) is 5.27. The molecule has 2 aliphatic rings. The molecule has 1 saturated heterocycles. The van der Waals surface area contributed by atoms with E-state index in [1.165, 1.54) is 29.9 Å². The largest absolute Gasteiger partial charge is 0.461 e. The molecule has 1 saturated carbocycles. The zero-order valence-corrected chi connectivity index (χ0v) is 24.7. The molecule has 2 fully saturated rings. The third kappa shape index (κ3) is 6.52. The lowest BCUT2D eigenvalue weighted by Crippen LogP contribution is -2.46. The van der Waals surface area contributed by atoms with Crippen molar-refractivity contribution in [1.29, 1.82) is 5.26 Å². The number of nitrogens with one attached hydrogen (secondary N) is 1. The van der Waals surface area contributed by atoms with Crippen molar-refractivity contribution in [2.75, 3.05) is 12.3 Å². The van der Waals surface area contributed by atoms with Crippen molar-refractivity contribution >= 4 is 25.1 Å². The van der Waals surface area contributed by atoms with Crippen LogP contribution in [0.15, 0.2) is 48.8 Å². The average Bonchev–Trinajstić information content (AvgIpc) is 3.53. The molecule has 0 spiro atoms. The second-order valence-electron chi connectivity index (χ2n) is 11.0. The van der Waals surface area contributed by atoms with E-state index >= 15 is 0 Å². The molecule has 3 aromatic rings. The topological polar surface area (TPSA) is 204 Å². The van der Waals surface area contributed by atoms with E-state index in [0.29, 0.717) is 17.1 Å². The summed E-state index contributed by atoms with van der Waals surface area (Å²) < 4.78 is 38.3. The van der Waals surface area contributed by atoms with Crippen LogP contribution in [0.3, 0.4) is 0 Å². The molecule has 14 nitrogen and oxygen atoms in total. The summed E-state index contributed by atoms with van der Waals surface area (Å²) in [5.74, 6) is 0.276. The van der Waals surface area contributed by atoms with Crippen LogP contribution in [0.2, 0.25) is 0 Å². The number of nitrogens with zero attached hydrogens (tertiary/aromatic N) is 4. The standard InChI is InChI=1S/C28H35N6O8P/c1-17-8-10-19(11-9-17)40-27(37)18(2)33-43(38,42-20-6-4-3-5-7-20)39-15-28(14-29)25(36)23(35)24(41-28)21-12-13-22-26(30)31-16-32-34(21)22/h3-7,12-13,16-19,23-25,35-36H,8-11,15H2,1-2H3,(H,33,38)(H2,30,31,32)/t17?,18-,19?,23-,24-,25-,28+,43+/m0/s1. The Hall–Kier alpha value is -3.57. The lowest BCUT2D eigenvalue weighted by atomic mass is 9.89. The van der Waals surface area contributed by atoms with Gasteiger partial charge in [0.05, 0.1) is 5.69 Å². The molecule has 1 aromatic carbocycles. The first-order valence-electron chi connectivity index (χ1n) is 14.0. The molecule has 1 aliphatic carbocycles. The highest BCUT2D eigenvalue weighted by Gasteiger charge is 2.57. The Balaban J connectivity index is 1.34. The molecule has 0 radical (unpaired) electrons. The van der Waals surface area contributed by atoms with Crippen molar-refractivity contribution < 1.29 is 38.1 Å². The highest BCUT2D eigenvalue weighted by molar-refractivity contribution is 7.52. The van der Waals surface area contributed by atoms with E-state index in [1.807, 2.05) is 6.07 Å². The van der Waals surface area contributed by atoms with E-state index in [0.717, 1.165) is 25.7 Å². The van der Waals surface area contributed by atoms with Gasteiger partial charge in [0, 0.05) is 0 Å². The predicted molar refractivity (Wildman–Crippen MR) is 152 cm³/mol. The van der Waals surface area contributed by atoms with Crippen LogP contribution in [0, 0.1) is 17.2 Å². The van der Waals surface area contributed by atoms with Crippen molar-refractivity contribution in [1.82, 2.24) is 19.7 Å². The van der Waals surface area contributed by atoms with Gasteiger partial charge in [0.15, 0.2) is 5.82 Å². The van der Waals surface area contributed by atoms with Gasteiger partial charge in [-0.25, -0.2) is 14.1 Å². The van der Waals surface area contributed by atoms with Gasteiger partial charge >= 0.3 is 13.7 Å². The molecule has 0 amide bonds. The van der Waals surface area contributed by atoms with Gasteiger partial charge in [0.25, 0.3) is 0 Å². The van der Waals surface area contributed by atoms with Crippen LogP contribution in [-0.2, 0) is 23.4 Å². The molecule has 3 heterocycles. The van der Waals surface area contributed by atoms with Gasteiger partial charge in [0.2, 0.25) is 5.60 Å².